The van der Waals surface area contributed by atoms with Crippen molar-refractivity contribution in [3.05, 3.63) is 89.0 Å². The largest absolute Gasteiger partial charge is 0.497 e. The summed E-state index contributed by atoms with van der Waals surface area (Å²) in [5.41, 5.74) is 4.47. The smallest absolute Gasteiger partial charge is 0.266 e. The molecule has 0 fully saturated rings. The standard InChI is InChI=1S/C24H22N2O3/c1-25-18-11-14-20-21(15-18)24(28)26(23(20)27)22-6-4-3-5-17(22)10-7-16-8-12-19(29-2)13-9-16/h3-6,8-9,11-15,25H,7,10H2,1-2H3. The van der Waals surface area contributed by atoms with Crippen LogP contribution in [0.1, 0.15) is 31.8 Å². The van der Waals surface area contributed by atoms with Crippen molar-refractivity contribution in [2.75, 3.05) is 24.4 Å². The molecule has 1 aliphatic rings. The van der Waals surface area contributed by atoms with Crippen molar-refractivity contribution in [1.82, 2.24) is 0 Å². The summed E-state index contributed by atoms with van der Waals surface area (Å²) < 4.78 is 5.20. The van der Waals surface area contributed by atoms with Gasteiger partial charge in [0.2, 0.25) is 0 Å². The zero-order valence-corrected chi connectivity index (χ0v) is 16.4. The second-order valence-corrected chi connectivity index (χ2v) is 6.93. The Kier molecular flexibility index (Phi) is 5.04. The lowest BCUT2D eigenvalue weighted by Crippen LogP contribution is -2.30. The molecule has 2 amide bonds. The van der Waals surface area contributed by atoms with Crippen LogP contribution in [-0.4, -0.2) is 26.0 Å². The number of aryl methyl sites for hydroxylation is 2. The first-order chi connectivity index (χ1) is 14.1. The van der Waals surface area contributed by atoms with Crippen molar-refractivity contribution in [2.24, 2.45) is 0 Å². The van der Waals surface area contributed by atoms with Gasteiger partial charge in [0.05, 0.1) is 23.9 Å². The van der Waals surface area contributed by atoms with E-state index in [-0.39, 0.29) is 11.8 Å². The third-order valence-corrected chi connectivity index (χ3v) is 5.25. The van der Waals surface area contributed by atoms with Gasteiger partial charge in [0, 0.05) is 12.7 Å². The lowest BCUT2D eigenvalue weighted by molar-refractivity contribution is 0.0926. The van der Waals surface area contributed by atoms with Gasteiger partial charge in [-0.15, -0.1) is 0 Å². The number of amides is 2. The Morgan fingerprint density at radius 1 is 0.862 bits per heavy atom. The first kappa shape index (κ1) is 18.7. The molecule has 1 aliphatic heterocycles. The first-order valence-electron chi connectivity index (χ1n) is 9.54. The van der Waals surface area contributed by atoms with Gasteiger partial charge in [-0.05, 0) is 60.4 Å². The molecule has 5 heteroatoms. The normalized spacial score (nSPS) is 12.8. The Bertz CT molecular complexity index is 1070. The summed E-state index contributed by atoms with van der Waals surface area (Å²) in [7, 11) is 3.43. The number of fused-ring (bicyclic) bond motifs is 1. The lowest BCUT2D eigenvalue weighted by atomic mass is 10.0. The highest BCUT2D eigenvalue weighted by Crippen LogP contribution is 2.32. The van der Waals surface area contributed by atoms with Crippen molar-refractivity contribution >= 4 is 23.2 Å². The molecule has 1 heterocycles. The molecule has 0 aliphatic carbocycles. The van der Waals surface area contributed by atoms with Gasteiger partial charge in [0.25, 0.3) is 11.8 Å². The van der Waals surface area contributed by atoms with E-state index in [1.807, 2.05) is 54.6 Å². The number of benzene rings is 3. The SMILES string of the molecule is CNc1ccc2c(c1)C(=O)N(c1ccccc1CCc1ccc(OC)cc1)C2=O. The highest BCUT2D eigenvalue weighted by atomic mass is 16.5. The fourth-order valence-corrected chi connectivity index (χ4v) is 3.63. The van der Waals surface area contributed by atoms with Gasteiger partial charge in [-0.1, -0.05) is 30.3 Å². The number of methoxy groups -OCH3 is 1. The van der Waals surface area contributed by atoms with E-state index in [1.165, 1.54) is 10.5 Å². The maximum Gasteiger partial charge on any atom is 0.266 e. The second-order valence-electron chi connectivity index (χ2n) is 6.93. The van der Waals surface area contributed by atoms with E-state index in [0.29, 0.717) is 16.8 Å². The Balaban J connectivity index is 1.61. The van der Waals surface area contributed by atoms with Crippen LogP contribution >= 0.6 is 0 Å². The van der Waals surface area contributed by atoms with Gasteiger partial charge >= 0.3 is 0 Å². The molecule has 0 bridgehead atoms. The third-order valence-electron chi connectivity index (χ3n) is 5.25. The number of imide groups is 1. The lowest BCUT2D eigenvalue weighted by Gasteiger charge is -2.18. The summed E-state index contributed by atoms with van der Waals surface area (Å²) in [5, 5.41) is 3.01. The van der Waals surface area contributed by atoms with Crippen molar-refractivity contribution in [1.29, 1.82) is 0 Å². The number of hydrogen-bond acceptors (Lipinski definition) is 4. The molecule has 0 atom stereocenters. The zero-order chi connectivity index (χ0) is 20.4. The molecule has 0 spiro atoms. The second kappa shape index (κ2) is 7.80. The number of anilines is 2. The van der Waals surface area contributed by atoms with Gasteiger partial charge in [0.1, 0.15) is 5.75 Å². The number of carbonyl (C=O) groups excluding carboxylic acids is 2. The first-order valence-corrected chi connectivity index (χ1v) is 9.54. The van der Waals surface area contributed by atoms with Gasteiger partial charge < -0.3 is 10.1 Å². The Hall–Kier alpha value is -3.60. The van der Waals surface area contributed by atoms with Gasteiger partial charge in [-0.2, -0.15) is 0 Å². The Labute approximate surface area is 169 Å². The predicted octanol–water partition coefficient (Wildman–Crippen LogP) is 4.32. The van der Waals surface area contributed by atoms with E-state index in [9.17, 15) is 9.59 Å². The van der Waals surface area contributed by atoms with Gasteiger partial charge in [-0.25, -0.2) is 4.90 Å². The number of rotatable bonds is 6. The van der Waals surface area contributed by atoms with Crippen molar-refractivity contribution in [3.63, 3.8) is 0 Å². The molecule has 0 aromatic heterocycles. The average Bonchev–Trinajstić information content (AvgIpc) is 3.02. The van der Waals surface area contributed by atoms with E-state index >= 15 is 0 Å². The fourth-order valence-electron chi connectivity index (χ4n) is 3.63. The van der Waals surface area contributed by atoms with Crippen LogP contribution < -0.4 is 15.0 Å². The quantitative estimate of drug-likeness (QED) is 0.641. The third kappa shape index (κ3) is 3.47. The maximum atomic E-state index is 13.0. The Morgan fingerprint density at radius 2 is 1.59 bits per heavy atom. The van der Waals surface area contributed by atoms with E-state index in [1.54, 1.807) is 26.3 Å². The summed E-state index contributed by atoms with van der Waals surface area (Å²) in [6, 6.07) is 20.8. The molecule has 0 radical (unpaired) electrons. The molecule has 5 nitrogen and oxygen atoms in total. The van der Waals surface area contributed by atoms with Crippen LogP contribution in [0.2, 0.25) is 0 Å². The summed E-state index contributed by atoms with van der Waals surface area (Å²) in [6.45, 7) is 0. The molecule has 29 heavy (non-hydrogen) atoms. The monoisotopic (exact) mass is 386 g/mol. The van der Waals surface area contributed by atoms with Crippen LogP contribution in [0.5, 0.6) is 5.75 Å². The maximum absolute atomic E-state index is 13.0. The van der Waals surface area contributed by atoms with Gasteiger partial charge in [-0.3, -0.25) is 9.59 Å². The van der Waals surface area contributed by atoms with E-state index < -0.39 is 0 Å². The summed E-state index contributed by atoms with van der Waals surface area (Å²) in [4.78, 5) is 27.3. The highest BCUT2D eigenvalue weighted by Gasteiger charge is 2.37. The van der Waals surface area contributed by atoms with Crippen LogP contribution in [0.15, 0.2) is 66.7 Å². The van der Waals surface area contributed by atoms with Crippen LogP contribution in [-0.2, 0) is 12.8 Å². The van der Waals surface area contributed by atoms with E-state index in [4.69, 9.17) is 4.74 Å². The topological polar surface area (TPSA) is 58.6 Å². The molecule has 0 unspecified atom stereocenters. The molecule has 146 valence electrons. The van der Waals surface area contributed by atoms with Crippen LogP contribution in [0.3, 0.4) is 0 Å². The van der Waals surface area contributed by atoms with Crippen molar-refractivity contribution < 1.29 is 14.3 Å². The number of carbonyl (C=O) groups is 2. The molecule has 0 saturated carbocycles. The van der Waals surface area contributed by atoms with E-state index in [0.717, 1.165) is 29.8 Å². The van der Waals surface area contributed by atoms with Crippen molar-refractivity contribution in [3.8, 4) is 5.75 Å². The molecular formula is C24H22N2O3. The van der Waals surface area contributed by atoms with Gasteiger partial charge in [0.15, 0.2) is 0 Å². The zero-order valence-electron chi connectivity index (χ0n) is 16.4. The molecule has 4 rings (SSSR count). The van der Waals surface area contributed by atoms with Crippen molar-refractivity contribution in [2.45, 2.75) is 12.8 Å². The number of hydrogen-bond donors (Lipinski definition) is 1. The van der Waals surface area contributed by atoms with Crippen LogP contribution in [0, 0.1) is 0 Å². The van der Waals surface area contributed by atoms with E-state index in [2.05, 4.69) is 5.32 Å². The minimum atomic E-state index is -0.279. The molecular weight excluding hydrogens is 364 g/mol. The molecule has 1 N–H and O–H groups in total. The molecule has 3 aromatic carbocycles. The summed E-state index contributed by atoms with van der Waals surface area (Å²) in [6.07, 6.45) is 1.52. The summed E-state index contributed by atoms with van der Waals surface area (Å²) >= 11 is 0. The fraction of sp³-hybridized carbons (Fsp3) is 0.167. The minimum absolute atomic E-state index is 0.274. The number of nitrogens with zero attached hydrogens (tertiary/aromatic N) is 1. The number of ether oxygens (including phenoxy) is 1. The van der Waals surface area contributed by atoms with Crippen LogP contribution in [0.25, 0.3) is 0 Å². The summed E-state index contributed by atoms with van der Waals surface area (Å²) in [5.74, 6) is 0.268. The highest BCUT2D eigenvalue weighted by molar-refractivity contribution is 6.34. The van der Waals surface area contributed by atoms with Crippen LogP contribution in [0.4, 0.5) is 11.4 Å². The number of para-hydroxylation sites is 1. The predicted molar refractivity (Wildman–Crippen MR) is 114 cm³/mol. The Morgan fingerprint density at radius 3 is 2.31 bits per heavy atom. The average molecular weight is 386 g/mol. The molecule has 3 aromatic rings. The minimum Gasteiger partial charge on any atom is -0.497 e. The molecule has 0 saturated heterocycles. The number of nitrogens with one attached hydrogen (secondary N) is 1.